The molecule has 0 heterocycles. The molecule has 1 rings (SSSR count). The lowest BCUT2D eigenvalue weighted by Crippen LogP contribution is -1.84. The third-order valence-corrected chi connectivity index (χ3v) is 1.35. The summed E-state index contributed by atoms with van der Waals surface area (Å²) in [6, 6.07) is 7.22. The molecular weight excluding hydrogens is 163 g/mol. The number of aldehydes is 1. The van der Waals surface area contributed by atoms with Crippen LogP contribution >= 0.6 is 0 Å². The van der Waals surface area contributed by atoms with Gasteiger partial charge in [0.2, 0.25) is 0 Å². The Bertz CT molecular complexity index is 231. The summed E-state index contributed by atoms with van der Waals surface area (Å²) in [5, 5.41) is 0. The van der Waals surface area contributed by atoms with E-state index in [2.05, 4.69) is 4.74 Å². The fraction of sp³-hybridized carbons (Fsp3) is 0.300. The Balaban J connectivity index is 0.000000424. The third kappa shape index (κ3) is 5.20. The second-order valence-corrected chi connectivity index (χ2v) is 2.47. The van der Waals surface area contributed by atoms with Crippen LogP contribution in [0.4, 0.5) is 0 Å². The molecule has 3 heteroatoms. The van der Waals surface area contributed by atoms with Gasteiger partial charge < -0.3 is 4.74 Å². The quantitative estimate of drug-likeness (QED) is 0.503. The number of ether oxygens (including phenoxy) is 1. The van der Waals surface area contributed by atoms with E-state index in [1.807, 2.05) is 12.1 Å². The number of hydrogen-bond donors (Lipinski definition) is 0. The molecule has 0 aliphatic carbocycles. The van der Waals surface area contributed by atoms with E-state index in [1.54, 1.807) is 26.4 Å². The van der Waals surface area contributed by atoms with Gasteiger partial charge in [0.05, 0.1) is 7.85 Å². The van der Waals surface area contributed by atoms with Crippen LogP contribution in [0.3, 0.4) is 0 Å². The number of methoxy groups -OCH3 is 1. The molecule has 2 radical (unpaired) electrons. The molecule has 1 aromatic carbocycles. The van der Waals surface area contributed by atoms with Gasteiger partial charge >= 0.3 is 0 Å². The van der Waals surface area contributed by atoms with Crippen LogP contribution in [0.2, 0.25) is 0 Å². The largest absolute Gasteiger partial charge is 0.388 e. The molecule has 0 amide bonds. The van der Waals surface area contributed by atoms with Crippen LogP contribution in [0.15, 0.2) is 24.3 Å². The van der Waals surface area contributed by atoms with Crippen molar-refractivity contribution in [2.45, 2.75) is 6.32 Å². The summed E-state index contributed by atoms with van der Waals surface area (Å²) in [6.07, 6.45) is 1.35. The van der Waals surface area contributed by atoms with Crippen molar-refractivity contribution in [1.29, 1.82) is 0 Å². The zero-order valence-corrected chi connectivity index (χ0v) is 7.99. The molecule has 0 aliphatic rings. The lowest BCUT2D eigenvalue weighted by atomic mass is 9.96. The topological polar surface area (TPSA) is 26.3 Å². The van der Waals surface area contributed by atoms with Gasteiger partial charge in [0.15, 0.2) is 0 Å². The molecule has 1 aromatic rings. The first-order valence-corrected chi connectivity index (χ1v) is 3.92. The van der Waals surface area contributed by atoms with Crippen LogP contribution in [0, 0.1) is 0 Å². The first-order chi connectivity index (χ1) is 6.28. The van der Waals surface area contributed by atoms with Gasteiger partial charge in [-0.3, -0.25) is 4.79 Å². The molecule has 2 nitrogen and oxygen atoms in total. The molecule has 0 saturated carbocycles. The second-order valence-electron chi connectivity index (χ2n) is 2.47. The fourth-order valence-corrected chi connectivity index (χ4v) is 0.732. The van der Waals surface area contributed by atoms with Crippen LogP contribution in [0.5, 0.6) is 0 Å². The smallest absolute Gasteiger partial charge is 0.150 e. The maximum Gasteiger partial charge on any atom is 0.150 e. The highest BCUT2D eigenvalue weighted by atomic mass is 16.4. The highest BCUT2D eigenvalue weighted by Gasteiger charge is 1.88. The van der Waals surface area contributed by atoms with Gasteiger partial charge in [0.1, 0.15) is 6.29 Å². The third-order valence-electron chi connectivity index (χ3n) is 1.35. The van der Waals surface area contributed by atoms with Crippen molar-refractivity contribution in [2.75, 3.05) is 14.2 Å². The van der Waals surface area contributed by atoms with Crippen LogP contribution < -0.4 is 0 Å². The molecule has 0 bridgehead atoms. The summed E-state index contributed by atoms with van der Waals surface area (Å²) < 4.78 is 4.25. The Kier molecular flexibility index (Phi) is 6.93. The lowest BCUT2D eigenvalue weighted by molar-refractivity contribution is 0.112. The van der Waals surface area contributed by atoms with E-state index in [9.17, 15) is 4.79 Å². The van der Waals surface area contributed by atoms with Gasteiger partial charge in [0, 0.05) is 19.8 Å². The first-order valence-electron chi connectivity index (χ1n) is 3.92. The molecule has 0 aromatic heterocycles. The number of carbonyl (C=O) groups excluding carboxylic acids is 1. The van der Waals surface area contributed by atoms with Gasteiger partial charge in [-0.15, -0.1) is 0 Å². The van der Waals surface area contributed by atoms with Crippen LogP contribution in [0.1, 0.15) is 15.9 Å². The predicted molar refractivity (Wildman–Crippen MR) is 54.2 cm³/mol. The van der Waals surface area contributed by atoms with Crippen molar-refractivity contribution in [3.8, 4) is 0 Å². The van der Waals surface area contributed by atoms with Gasteiger partial charge in [-0.05, 0) is 0 Å². The number of carbonyl (C=O) groups is 1. The van der Waals surface area contributed by atoms with E-state index in [1.165, 1.54) is 0 Å². The predicted octanol–water partition coefficient (Wildman–Crippen LogP) is 1.43. The second kappa shape index (κ2) is 7.56. The molecule has 0 spiro atoms. The molecule has 13 heavy (non-hydrogen) atoms. The first kappa shape index (κ1) is 11.9. The normalized spacial score (nSPS) is 8.46. The zero-order chi connectivity index (χ0) is 10.1. The minimum atomic E-state index is 0.527. The Morgan fingerprint density at radius 3 is 2.08 bits per heavy atom. The minimum absolute atomic E-state index is 0.527. The van der Waals surface area contributed by atoms with E-state index in [0.29, 0.717) is 11.9 Å². The van der Waals surface area contributed by atoms with Crippen molar-refractivity contribution < 1.29 is 9.53 Å². The molecule has 0 unspecified atom stereocenters. The zero-order valence-electron chi connectivity index (χ0n) is 7.99. The summed E-state index contributed by atoms with van der Waals surface area (Å²) in [4.78, 5) is 10.2. The highest BCUT2D eigenvalue weighted by Crippen LogP contribution is 2.00. The molecule has 0 N–H and O–H groups in total. The Morgan fingerprint density at radius 1 is 1.31 bits per heavy atom. The van der Waals surface area contributed by atoms with Crippen LogP contribution in [0.25, 0.3) is 0 Å². The van der Waals surface area contributed by atoms with E-state index in [4.69, 9.17) is 7.85 Å². The highest BCUT2D eigenvalue weighted by molar-refractivity contribution is 6.08. The summed E-state index contributed by atoms with van der Waals surface area (Å²) in [5.41, 5.74) is 1.74. The lowest BCUT2D eigenvalue weighted by Gasteiger charge is -1.94. The molecule has 68 valence electrons. The molecule has 0 fully saturated rings. The number of rotatable bonds is 2. The van der Waals surface area contributed by atoms with Gasteiger partial charge in [0.25, 0.3) is 0 Å². The summed E-state index contributed by atoms with van der Waals surface area (Å²) >= 11 is 0. The average molecular weight is 176 g/mol. The van der Waals surface area contributed by atoms with Gasteiger partial charge in [-0.2, -0.15) is 0 Å². The van der Waals surface area contributed by atoms with E-state index >= 15 is 0 Å². The maximum absolute atomic E-state index is 10.2. The molecule has 0 atom stereocenters. The average Bonchev–Trinajstić information content (AvgIpc) is 2.19. The fourth-order valence-electron chi connectivity index (χ4n) is 0.732. The van der Waals surface area contributed by atoms with Crippen molar-refractivity contribution in [3.05, 3.63) is 35.4 Å². The summed E-state index contributed by atoms with van der Waals surface area (Å²) in [7, 11) is 8.60. The molecular formula is C10H13BO2. The molecule has 0 aliphatic heterocycles. The van der Waals surface area contributed by atoms with Crippen LogP contribution in [-0.2, 0) is 11.1 Å². The van der Waals surface area contributed by atoms with E-state index in [0.717, 1.165) is 11.8 Å². The maximum atomic E-state index is 10.2. The minimum Gasteiger partial charge on any atom is -0.388 e. The van der Waals surface area contributed by atoms with Crippen molar-refractivity contribution in [2.24, 2.45) is 0 Å². The summed E-state index contributed by atoms with van der Waals surface area (Å²) in [5.74, 6) is 0. The summed E-state index contributed by atoms with van der Waals surface area (Å²) in [6.45, 7) is 0. The monoisotopic (exact) mass is 176 g/mol. The van der Waals surface area contributed by atoms with E-state index < -0.39 is 0 Å². The van der Waals surface area contributed by atoms with Crippen molar-refractivity contribution in [3.63, 3.8) is 0 Å². The number of hydrogen-bond acceptors (Lipinski definition) is 2. The molecule has 0 saturated heterocycles. The Labute approximate surface area is 80.3 Å². The van der Waals surface area contributed by atoms with Crippen molar-refractivity contribution in [1.82, 2.24) is 0 Å². The van der Waals surface area contributed by atoms with Gasteiger partial charge in [-0.25, -0.2) is 0 Å². The Hall–Kier alpha value is -1.09. The van der Waals surface area contributed by atoms with Crippen LogP contribution in [-0.4, -0.2) is 28.4 Å². The van der Waals surface area contributed by atoms with E-state index in [-0.39, 0.29) is 0 Å². The number of benzene rings is 1. The van der Waals surface area contributed by atoms with Crippen molar-refractivity contribution >= 4 is 14.1 Å². The standard InChI is InChI=1S/C8H7BO.C2H6O/c9-5-7-1-3-8(6-10)4-2-7;1-3-2/h1-4,6H,5H2;1-2H3. The SMILES string of the molecule is COC.[B]Cc1ccc(C=O)cc1. The van der Waals surface area contributed by atoms with Gasteiger partial charge in [-0.1, -0.05) is 36.1 Å². The Morgan fingerprint density at radius 2 is 1.77 bits per heavy atom.